The topological polar surface area (TPSA) is 55.1 Å². The first-order chi connectivity index (χ1) is 9.65. The molecule has 0 aromatic heterocycles. The predicted octanol–water partition coefficient (Wildman–Crippen LogP) is 3.08. The standard InChI is InChI=1S/C16H21BrN2O/c17-14-7-2-1-6-13(14)16(20)19-15-10-4-3-5-11(15)9-12(18)8-10/h1-2,6-7,10-12,15H,3-5,8-9,18H2,(H,19,20). The Morgan fingerprint density at radius 3 is 2.50 bits per heavy atom. The van der Waals surface area contributed by atoms with Gasteiger partial charge in [0.25, 0.3) is 5.91 Å². The van der Waals surface area contributed by atoms with Gasteiger partial charge in [0.05, 0.1) is 5.56 Å². The third-order valence-corrected chi connectivity index (χ3v) is 5.48. The van der Waals surface area contributed by atoms with Crippen molar-refractivity contribution >= 4 is 21.8 Å². The van der Waals surface area contributed by atoms with E-state index in [1.54, 1.807) is 0 Å². The van der Waals surface area contributed by atoms with E-state index < -0.39 is 0 Å². The van der Waals surface area contributed by atoms with Crippen LogP contribution in [0.1, 0.15) is 42.5 Å². The maximum Gasteiger partial charge on any atom is 0.252 e. The van der Waals surface area contributed by atoms with E-state index >= 15 is 0 Å². The average molecular weight is 337 g/mol. The van der Waals surface area contributed by atoms with E-state index in [-0.39, 0.29) is 5.91 Å². The highest BCUT2D eigenvalue weighted by atomic mass is 79.9. The van der Waals surface area contributed by atoms with Gasteiger partial charge in [0.1, 0.15) is 0 Å². The summed E-state index contributed by atoms with van der Waals surface area (Å²) in [6.45, 7) is 0. The van der Waals surface area contributed by atoms with Gasteiger partial charge in [0.2, 0.25) is 0 Å². The van der Waals surface area contributed by atoms with Crippen molar-refractivity contribution in [1.82, 2.24) is 5.32 Å². The maximum atomic E-state index is 12.5. The highest BCUT2D eigenvalue weighted by Gasteiger charge is 2.40. The number of fused-ring (bicyclic) bond motifs is 2. The van der Waals surface area contributed by atoms with E-state index in [1.807, 2.05) is 24.3 Å². The predicted molar refractivity (Wildman–Crippen MR) is 83.4 cm³/mol. The van der Waals surface area contributed by atoms with Gasteiger partial charge in [-0.25, -0.2) is 0 Å². The lowest BCUT2D eigenvalue weighted by molar-refractivity contribution is 0.0755. The molecule has 0 aliphatic heterocycles. The van der Waals surface area contributed by atoms with Crippen LogP contribution in [0.2, 0.25) is 0 Å². The lowest BCUT2D eigenvalue weighted by Gasteiger charge is -2.45. The van der Waals surface area contributed by atoms with Crippen LogP contribution < -0.4 is 11.1 Å². The van der Waals surface area contributed by atoms with Crippen LogP contribution in [0, 0.1) is 11.8 Å². The molecule has 1 aromatic rings. The number of nitrogens with one attached hydrogen (secondary N) is 1. The van der Waals surface area contributed by atoms with E-state index in [2.05, 4.69) is 21.2 Å². The number of halogens is 1. The zero-order chi connectivity index (χ0) is 14.1. The Balaban J connectivity index is 1.74. The Labute approximate surface area is 128 Å². The molecule has 20 heavy (non-hydrogen) atoms. The molecule has 2 atom stereocenters. The van der Waals surface area contributed by atoms with E-state index in [4.69, 9.17) is 5.73 Å². The van der Waals surface area contributed by atoms with Crippen LogP contribution in [-0.2, 0) is 0 Å². The largest absolute Gasteiger partial charge is 0.349 e. The summed E-state index contributed by atoms with van der Waals surface area (Å²) in [5.74, 6) is 1.16. The van der Waals surface area contributed by atoms with Crippen LogP contribution in [0.3, 0.4) is 0 Å². The Kier molecular flexibility index (Phi) is 4.13. The van der Waals surface area contributed by atoms with Crippen molar-refractivity contribution in [2.45, 2.75) is 44.2 Å². The van der Waals surface area contributed by atoms with Crippen LogP contribution in [0.4, 0.5) is 0 Å². The molecule has 2 unspecified atom stereocenters. The summed E-state index contributed by atoms with van der Waals surface area (Å²) in [4.78, 5) is 12.5. The first-order valence-corrected chi connectivity index (χ1v) is 8.25. The zero-order valence-electron chi connectivity index (χ0n) is 11.5. The minimum absolute atomic E-state index is 0.0369. The molecule has 4 heteroatoms. The van der Waals surface area contributed by atoms with Gasteiger partial charge in [-0.05, 0) is 65.6 Å². The Hall–Kier alpha value is -0.870. The van der Waals surface area contributed by atoms with Crippen molar-refractivity contribution in [1.29, 1.82) is 0 Å². The van der Waals surface area contributed by atoms with E-state index in [0.29, 0.717) is 23.9 Å². The van der Waals surface area contributed by atoms with Crippen LogP contribution in [0.5, 0.6) is 0 Å². The molecule has 2 fully saturated rings. The summed E-state index contributed by atoms with van der Waals surface area (Å²) in [5, 5.41) is 3.27. The van der Waals surface area contributed by atoms with Crippen LogP contribution in [0.15, 0.2) is 28.7 Å². The number of rotatable bonds is 2. The monoisotopic (exact) mass is 336 g/mol. The molecule has 2 aliphatic carbocycles. The number of carbonyl (C=O) groups excluding carboxylic acids is 1. The van der Waals surface area contributed by atoms with Gasteiger partial charge < -0.3 is 11.1 Å². The SMILES string of the molecule is NC1CC2CCCC(C1)C2NC(=O)c1ccccc1Br. The van der Waals surface area contributed by atoms with Crippen LogP contribution in [-0.4, -0.2) is 18.0 Å². The third-order valence-electron chi connectivity index (χ3n) is 4.79. The first kappa shape index (κ1) is 14.1. The number of benzene rings is 1. The molecule has 2 saturated carbocycles. The smallest absolute Gasteiger partial charge is 0.252 e. The Morgan fingerprint density at radius 2 is 1.85 bits per heavy atom. The van der Waals surface area contributed by atoms with Crippen molar-refractivity contribution in [3.63, 3.8) is 0 Å². The molecule has 2 bridgehead atoms. The molecule has 0 radical (unpaired) electrons. The molecular formula is C16H21BrN2O. The number of amides is 1. The van der Waals surface area contributed by atoms with Crippen molar-refractivity contribution in [3.05, 3.63) is 34.3 Å². The molecule has 3 N–H and O–H groups in total. The minimum atomic E-state index is 0.0369. The zero-order valence-corrected chi connectivity index (χ0v) is 13.1. The number of nitrogens with two attached hydrogens (primary N) is 1. The van der Waals surface area contributed by atoms with Crippen LogP contribution >= 0.6 is 15.9 Å². The van der Waals surface area contributed by atoms with Gasteiger partial charge >= 0.3 is 0 Å². The summed E-state index contributed by atoms with van der Waals surface area (Å²) < 4.78 is 0.857. The molecule has 3 nitrogen and oxygen atoms in total. The average Bonchev–Trinajstić information content (AvgIpc) is 2.40. The number of hydrogen-bond acceptors (Lipinski definition) is 2. The summed E-state index contributed by atoms with van der Waals surface area (Å²) >= 11 is 3.45. The Morgan fingerprint density at radius 1 is 1.20 bits per heavy atom. The fraction of sp³-hybridized carbons (Fsp3) is 0.562. The molecule has 1 amide bonds. The summed E-state index contributed by atoms with van der Waals surface area (Å²) in [7, 11) is 0. The van der Waals surface area contributed by atoms with Gasteiger partial charge in [-0.1, -0.05) is 18.6 Å². The maximum absolute atomic E-state index is 12.5. The molecule has 1 aromatic carbocycles. The van der Waals surface area contributed by atoms with Crippen LogP contribution in [0.25, 0.3) is 0 Å². The highest BCUT2D eigenvalue weighted by Crippen LogP contribution is 2.39. The van der Waals surface area contributed by atoms with Crippen molar-refractivity contribution in [2.75, 3.05) is 0 Å². The lowest BCUT2D eigenvalue weighted by Crippen LogP contribution is -2.53. The second-order valence-electron chi connectivity index (χ2n) is 6.16. The summed E-state index contributed by atoms with van der Waals surface area (Å²) in [6, 6.07) is 8.23. The summed E-state index contributed by atoms with van der Waals surface area (Å²) in [6.07, 6.45) is 5.79. The number of hydrogen-bond donors (Lipinski definition) is 2. The highest BCUT2D eigenvalue weighted by molar-refractivity contribution is 9.10. The van der Waals surface area contributed by atoms with Gasteiger partial charge in [0.15, 0.2) is 0 Å². The molecule has 0 spiro atoms. The van der Waals surface area contributed by atoms with Gasteiger partial charge in [-0.2, -0.15) is 0 Å². The molecule has 0 heterocycles. The minimum Gasteiger partial charge on any atom is -0.349 e. The molecule has 0 saturated heterocycles. The van der Waals surface area contributed by atoms with Crippen molar-refractivity contribution in [3.8, 4) is 0 Å². The summed E-state index contributed by atoms with van der Waals surface area (Å²) in [5.41, 5.74) is 6.86. The molecular weight excluding hydrogens is 316 g/mol. The molecule has 2 aliphatic rings. The first-order valence-electron chi connectivity index (χ1n) is 7.46. The van der Waals surface area contributed by atoms with Gasteiger partial charge in [-0.3, -0.25) is 4.79 Å². The normalized spacial score (nSPS) is 32.7. The number of carbonyl (C=O) groups is 1. The van der Waals surface area contributed by atoms with Crippen molar-refractivity contribution < 1.29 is 4.79 Å². The quantitative estimate of drug-likeness (QED) is 0.871. The second kappa shape index (κ2) is 5.86. The van der Waals surface area contributed by atoms with Gasteiger partial charge in [-0.15, -0.1) is 0 Å². The van der Waals surface area contributed by atoms with E-state index in [0.717, 1.165) is 22.9 Å². The van der Waals surface area contributed by atoms with E-state index in [1.165, 1.54) is 19.3 Å². The molecule has 3 rings (SSSR count). The fourth-order valence-corrected chi connectivity index (χ4v) is 4.36. The Bertz CT molecular complexity index is 491. The molecule has 108 valence electrons. The third kappa shape index (κ3) is 2.77. The lowest BCUT2D eigenvalue weighted by atomic mass is 9.67. The second-order valence-corrected chi connectivity index (χ2v) is 7.02. The van der Waals surface area contributed by atoms with Gasteiger partial charge in [0, 0.05) is 16.6 Å². The van der Waals surface area contributed by atoms with E-state index in [9.17, 15) is 4.79 Å². The fourth-order valence-electron chi connectivity index (χ4n) is 3.90. The van der Waals surface area contributed by atoms with Crippen molar-refractivity contribution in [2.24, 2.45) is 17.6 Å².